The van der Waals surface area contributed by atoms with Crippen molar-refractivity contribution < 1.29 is 32.2 Å². The van der Waals surface area contributed by atoms with Crippen LogP contribution in [0.4, 0.5) is 11.4 Å². The highest BCUT2D eigenvalue weighted by molar-refractivity contribution is 7.92. The zero-order valence-corrected chi connectivity index (χ0v) is 17.3. The minimum Gasteiger partial charge on any atom is -0.497 e. The van der Waals surface area contributed by atoms with Crippen molar-refractivity contribution in [3.63, 3.8) is 0 Å². The minimum atomic E-state index is -4.16. The van der Waals surface area contributed by atoms with Gasteiger partial charge in [-0.3, -0.25) is 13.9 Å². The highest BCUT2D eigenvalue weighted by Gasteiger charge is 2.30. The van der Waals surface area contributed by atoms with Gasteiger partial charge in [0.05, 0.1) is 31.9 Å². The van der Waals surface area contributed by atoms with E-state index in [9.17, 15) is 18.0 Å². The smallest absolute Gasteiger partial charge is 0.326 e. The first-order valence-corrected chi connectivity index (χ1v) is 9.86. The topological polar surface area (TPSA) is 111 Å². The SMILES string of the molecule is COC(=O)CN(c1ccc(OC)cc1OC)S(=O)(=O)c1ccc(NC(C)=O)cc1. The Balaban J connectivity index is 2.54. The Morgan fingerprint density at radius 1 is 1.00 bits per heavy atom. The van der Waals surface area contributed by atoms with Crippen molar-refractivity contribution in [1.29, 1.82) is 0 Å². The maximum absolute atomic E-state index is 13.3. The van der Waals surface area contributed by atoms with E-state index >= 15 is 0 Å². The lowest BCUT2D eigenvalue weighted by molar-refractivity contribution is -0.138. The zero-order chi connectivity index (χ0) is 21.6. The van der Waals surface area contributed by atoms with Crippen LogP contribution in [0.25, 0.3) is 0 Å². The van der Waals surface area contributed by atoms with Crippen LogP contribution in [-0.4, -0.2) is 48.2 Å². The van der Waals surface area contributed by atoms with E-state index in [0.717, 1.165) is 4.31 Å². The lowest BCUT2D eigenvalue weighted by Gasteiger charge is -2.25. The molecule has 10 heteroatoms. The predicted octanol–water partition coefficient (Wildman–Crippen LogP) is 2.03. The third-order valence-electron chi connectivity index (χ3n) is 3.92. The molecule has 2 aromatic rings. The summed E-state index contributed by atoms with van der Waals surface area (Å²) in [5.74, 6) is -0.371. The molecule has 0 radical (unpaired) electrons. The molecule has 1 amide bonds. The molecular weight excluding hydrogens is 400 g/mol. The largest absolute Gasteiger partial charge is 0.497 e. The molecule has 0 aliphatic carbocycles. The van der Waals surface area contributed by atoms with Gasteiger partial charge in [-0.1, -0.05) is 0 Å². The number of benzene rings is 2. The number of esters is 1. The fraction of sp³-hybridized carbons (Fsp3) is 0.263. The molecule has 0 atom stereocenters. The van der Waals surface area contributed by atoms with Gasteiger partial charge in [-0.25, -0.2) is 8.42 Å². The Morgan fingerprint density at radius 3 is 2.17 bits per heavy atom. The lowest BCUT2D eigenvalue weighted by atomic mass is 10.2. The number of carbonyl (C=O) groups is 2. The van der Waals surface area contributed by atoms with Gasteiger partial charge in [0.15, 0.2) is 0 Å². The Hall–Kier alpha value is -3.27. The van der Waals surface area contributed by atoms with Gasteiger partial charge in [0, 0.05) is 18.7 Å². The number of amides is 1. The summed E-state index contributed by atoms with van der Waals surface area (Å²) in [6.45, 7) is 0.785. The van der Waals surface area contributed by atoms with E-state index in [2.05, 4.69) is 10.1 Å². The molecule has 9 nitrogen and oxygen atoms in total. The van der Waals surface area contributed by atoms with Gasteiger partial charge in [-0.05, 0) is 36.4 Å². The molecule has 0 saturated heterocycles. The Labute approximate surface area is 169 Å². The molecule has 0 saturated carbocycles. The van der Waals surface area contributed by atoms with Crippen molar-refractivity contribution >= 4 is 33.3 Å². The van der Waals surface area contributed by atoms with E-state index in [4.69, 9.17) is 9.47 Å². The molecular formula is C19H22N2O7S. The van der Waals surface area contributed by atoms with E-state index < -0.39 is 22.5 Å². The van der Waals surface area contributed by atoms with Crippen LogP contribution in [0.15, 0.2) is 47.4 Å². The van der Waals surface area contributed by atoms with E-state index in [-0.39, 0.29) is 22.2 Å². The average molecular weight is 422 g/mol. The molecule has 0 bridgehead atoms. The summed E-state index contributed by atoms with van der Waals surface area (Å²) >= 11 is 0. The number of carbonyl (C=O) groups excluding carboxylic acids is 2. The quantitative estimate of drug-likeness (QED) is 0.648. The predicted molar refractivity (Wildman–Crippen MR) is 107 cm³/mol. The molecule has 0 fully saturated rings. The van der Waals surface area contributed by atoms with Crippen molar-refractivity contribution in [2.75, 3.05) is 37.5 Å². The van der Waals surface area contributed by atoms with Gasteiger partial charge in [0.1, 0.15) is 18.0 Å². The van der Waals surface area contributed by atoms with Crippen LogP contribution in [0.3, 0.4) is 0 Å². The maximum Gasteiger partial charge on any atom is 0.326 e. The van der Waals surface area contributed by atoms with Crippen LogP contribution in [0.5, 0.6) is 11.5 Å². The molecule has 0 heterocycles. The first kappa shape index (κ1) is 22.0. The average Bonchev–Trinajstić information content (AvgIpc) is 2.71. The summed E-state index contributed by atoms with van der Waals surface area (Å²) in [5.41, 5.74) is 0.586. The molecule has 0 aromatic heterocycles. The van der Waals surface area contributed by atoms with Crippen molar-refractivity contribution in [3.05, 3.63) is 42.5 Å². The summed E-state index contributed by atoms with van der Waals surface area (Å²) in [6, 6.07) is 10.1. The van der Waals surface area contributed by atoms with Crippen LogP contribution >= 0.6 is 0 Å². The number of nitrogens with one attached hydrogen (secondary N) is 1. The second kappa shape index (κ2) is 9.28. The number of ether oxygens (including phenoxy) is 3. The molecule has 29 heavy (non-hydrogen) atoms. The first-order valence-electron chi connectivity index (χ1n) is 8.42. The van der Waals surface area contributed by atoms with E-state index in [1.54, 1.807) is 6.07 Å². The second-order valence-electron chi connectivity index (χ2n) is 5.83. The number of anilines is 2. The number of rotatable bonds is 8. The molecule has 156 valence electrons. The number of hydrogen-bond acceptors (Lipinski definition) is 7. The number of sulfonamides is 1. The van der Waals surface area contributed by atoms with E-state index in [0.29, 0.717) is 11.4 Å². The Bertz CT molecular complexity index is 988. The van der Waals surface area contributed by atoms with E-state index in [1.165, 1.54) is 64.7 Å². The third kappa shape index (κ3) is 5.17. The molecule has 1 N–H and O–H groups in total. The third-order valence-corrected chi connectivity index (χ3v) is 5.69. The molecule has 0 unspecified atom stereocenters. The minimum absolute atomic E-state index is 0.0756. The first-order chi connectivity index (χ1) is 13.7. The highest BCUT2D eigenvalue weighted by atomic mass is 32.2. The number of hydrogen-bond donors (Lipinski definition) is 1. The maximum atomic E-state index is 13.3. The van der Waals surface area contributed by atoms with Gasteiger partial charge < -0.3 is 19.5 Å². The molecule has 0 spiro atoms. The van der Waals surface area contributed by atoms with Crippen molar-refractivity contribution in [2.24, 2.45) is 0 Å². The summed E-state index contributed by atoms with van der Waals surface area (Å²) in [7, 11) is -0.146. The summed E-state index contributed by atoms with van der Waals surface area (Å²) < 4.78 is 42.5. The monoisotopic (exact) mass is 422 g/mol. The summed E-state index contributed by atoms with van der Waals surface area (Å²) in [4.78, 5) is 23.0. The lowest BCUT2D eigenvalue weighted by Crippen LogP contribution is -2.36. The Kier molecular flexibility index (Phi) is 7.05. The normalized spacial score (nSPS) is 10.8. The number of methoxy groups -OCH3 is 3. The van der Waals surface area contributed by atoms with Gasteiger partial charge in [-0.15, -0.1) is 0 Å². The van der Waals surface area contributed by atoms with Crippen LogP contribution in [0, 0.1) is 0 Å². The van der Waals surface area contributed by atoms with Gasteiger partial charge in [0.25, 0.3) is 10.0 Å². The van der Waals surface area contributed by atoms with Crippen LogP contribution in [-0.2, 0) is 24.3 Å². The van der Waals surface area contributed by atoms with Crippen molar-refractivity contribution in [1.82, 2.24) is 0 Å². The fourth-order valence-corrected chi connectivity index (χ4v) is 3.93. The highest BCUT2D eigenvalue weighted by Crippen LogP contribution is 2.35. The zero-order valence-electron chi connectivity index (χ0n) is 16.5. The van der Waals surface area contributed by atoms with Crippen LogP contribution < -0.4 is 19.1 Å². The van der Waals surface area contributed by atoms with Gasteiger partial charge in [-0.2, -0.15) is 0 Å². The Morgan fingerprint density at radius 2 is 1.66 bits per heavy atom. The van der Waals surface area contributed by atoms with Crippen molar-refractivity contribution in [3.8, 4) is 11.5 Å². The molecule has 0 aliphatic rings. The molecule has 0 aliphatic heterocycles. The number of nitrogens with zero attached hydrogens (tertiary/aromatic N) is 1. The van der Waals surface area contributed by atoms with Gasteiger partial charge >= 0.3 is 5.97 Å². The van der Waals surface area contributed by atoms with Crippen LogP contribution in [0.2, 0.25) is 0 Å². The standard InChI is InChI=1S/C19H22N2O7S/c1-13(22)20-14-5-8-16(9-6-14)29(24,25)21(12-19(23)28-4)17-10-7-15(26-2)11-18(17)27-3/h5-11H,12H2,1-4H3,(H,20,22). The van der Waals surface area contributed by atoms with Crippen LogP contribution in [0.1, 0.15) is 6.92 Å². The van der Waals surface area contributed by atoms with Gasteiger partial charge in [0.2, 0.25) is 5.91 Å². The summed E-state index contributed by atoms with van der Waals surface area (Å²) in [6.07, 6.45) is 0. The summed E-state index contributed by atoms with van der Waals surface area (Å²) in [5, 5.41) is 2.56. The molecule has 2 rings (SSSR count). The van der Waals surface area contributed by atoms with Crippen molar-refractivity contribution in [2.45, 2.75) is 11.8 Å². The van der Waals surface area contributed by atoms with E-state index in [1.807, 2.05) is 0 Å². The second-order valence-corrected chi connectivity index (χ2v) is 7.69. The fourth-order valence-electron chi connectivity index (χ4n) is 2.51. The molecule has 2 aromatic carbocycles.